The topological polar surface area (TPSA) is 87.9 Å². The predicted octanol–water partition coefficient (Wildman–Crippen LogP) is 4.76. The highest BCUT2D eigenvalue weighted by atomic mass is 19.1. The second kappa shape index (κ2) is 11.5. The SMILES string of the molecule is CC(C)(C)OC(N)=O.CCC(=O)OC(C(C)C)C(C)Oc1ccc(F)cc1C. The third kappa shape index (κ3) is 10.7. The normalized spacial score (nSPS) is 13.1. The quantitative estimate of drug-likeness (QED) is 0.697. The van der Waals surface area contributed by atoms with Gasteiger partial charge in [-0.1, -0.05) is 20.8 Å². The van der Waals surface area contributed by atoms with Crippen molar-refractivity contribution in [2.24, 2.45) is 11.7 Å². The standard InChI is InChI=1S/C16H23FO3.C5H11NO2/c1-6-15(18)20-16(10(2)3)12(5)19-14-8-7-13(17)9-11(14)4;1-5(2,3)8-4(6)7/h7-10,12,16H,6H2,1-5H3;1-3H3,(H2,6,7). The van der Waals surface area contributed by atoms with Crippen molar-refractivity contribution in [2.45, 2.75) is 79.6 Å². The molecule has 7 heteroatoms. The van der Waals surface area contributed by atoms with Crippen molar-refractivity contribution < 1.29 is 28.2 Å². The first kappa shape index (κ1) is 25.7. The van der Waals surface area contributed by atoms with E-state index in [1.165, 1.54) is 12.1 Å². The van der Waals surface area contributed by atoms with Crippen LogP contribution < -0.4 is 10.5 Å². The highest BCUT2D eigenvalue weighted by molar-refractivity contribution is 5.69. The van der Waals surface area contributed by atoms with Gasteiger partial charge in [0, 0.05) is 6.42 Å². The Morgan fingerprint density at radius 2 is 1.75 bits per heavy atom. The van der Waals surface area contributed by atoms with Gasteiger partial charge in [-0.3, -0.25) is 4.79 Å². The van der Waals surface area contributed by atoms with Gasteiger partial charge in [0.05, 0.1) is 0 Å². The molecule has 28 heavy (non-hydrogen) atoms. The predicted molar refractivity (Wildman–Crippen MR) is 107 cm³/mol. The Morgan fingerprint density at radius 3 is 2.11 bits per heavy atom. The van der Waals surface area contributed by atoms with Gasteiger partial charge >= 0.3 is 12.1 Å². The minimum absolute atomic E-state index is 0.140. The first-order valence-corrected chi connectivity index (χ1v) is 9.37. The van der Waals surface area contributed by atoms with E-state index in [0.29, 0.717) is 12.2 Å². The summed E-state index contributed by atoms with van der Waals surface area (Å²) in [4.78, 5) is 21.5. The van der Waals surface area contributed by atoms with Crippen LogP contribution in [-0.4, -0.2) is 29.9 Å². The number of ether oxygens (including phenoxy) is 3. The molecule has 1 rings (SSSR count). The van der Waals surface area contributed by atoms with Crippen LogP contribution in [0.2, 0.25) is 0 Å². The fraction of sp³-hybridized carbons (Fsp3) is 0.619. The van der Waals surface area contributed by atoms with Crippen LogP contribution in [0.15, 0.2) is 18.2 Å². The first-order chi connectivity index (χ1) is 12.8. The second-order valence-corrected chi connectivity index (χ2v) is 7.82. The zero-order valence-corrected chi connectivity index (χ0v) is 18.2. The number of halogens is 1. The molecule has 0 spiro atoms. The average molecular weight is 400 g/mol. The van der Waals surface area contributed by atoms with Crippen molar-refractivity contribution in [2.75, 3.05) is 0 Å². The maximum atomic E-state index is 13.1. The molecule has 0 aliphatic carbocycles. The summed E-state index contributed by atoms with van der Waals surface area (Å²) in [7, 11) is 0. The van der Waals surface area contributed by atoms with E-state index >= 15 is 0 Å². The van der Waals surface area contributed by atoms with Crippen LogP contribution in [0.1, 0.15) is 60.5 Å². The molecule has 0 radical (unpaired) electrons. The lowest BCUT2D eigenvalue weighted by Gasteiger charge is -2.28. The molecule has 0 fully saturated rings. The molecule has 0 bridgehead atoms. The Morgan fingerprint density at radius 1 is 1.18 bits per heavy atom. The number of amides is 1. The van der Waals surface area contributed by atoms with Crippen LogP contribution in [0, 0.1) is 18.7 Å². The number of nitrogens with two attached hydrogens (primary N) is 1. The maximum Gasteiger partial charge on any atom is 0.405 e. The number of hydrogen-bond acceptors (Lipinski definition) is 5. The van der Waals surface area contributed by atoms with E-state index in [4.69, 9.17) is 15.2 Å². The molecule has 1 amide bonds. The first-order valence-electron chi connectivity index (χ1n) is 9.37. The van der Waals surface area contributed by atoms with E-state index in [0.717, 1.165) is 5.56 Å². The molecule has 2 unspecified atom stereocenters. The molecular formula is C21H34FNO5. The number of benzene rings is 1. The fourth-order valence-electron chi connectivity index (χ4n) is 2.32. The minimum Gasteiger partial charge on any atom is -0.487 e. The summed E-state index contributed by atoms with van der Waals surface area (Å²) in [5, 5.41) is 0. The smallest absolute Gasteiger partial charge is 0.405 e. The zero-order valence-electron chi connectivity index (χ0n) is 18.2. The number of esters is 1. The van der Waals surface area contributed by atoms with Gasteiger partial charge in [0.2, 0.25) is 0 Å². The molecule has 1 aromatic carbocycles. The lowest BCUT2D eigenvalue weighted by atomic mass is 10.0. The molecule has 0 heterocycles. The van der Waals surface area contributed by atoms with Gasteiger partial charge in [0.25, 0.3) is 0 Å². The Bertz CT molecular complexity index is 640. The average Bonchev–Trinajstić information content (AvgIpc) is 2.52. The largest absolute Gasteiger partial charge is 0.487 e. The second-order valence-electron chi connectivity index (χ2n) is 7.82. The molecule has 0 saturated heterocycles. The molecule has 6 nitrogen and oxygen atoms in total. The van der Waals surface area contributed by atoms with Gasteiger partial charge in [-0.25, -0.2) is 9.18 Å². The van der Waals surface area contributed by atoms with Crippen LogP contribution >= 0.6 is 0 Å². The minimum atomic E-state index is -0.725. The maximum absolute atomic E-state index is 13.1. The number of carbonyl (C=O) groups is 2. The lowest BCUT2D eigenvalue weighted by Crippen LogP contribution is -2.37. The van der Waals surface area contributed by atoms with E-state index in [9.17, 15) is 14.0 Å². The molecule has 0 saturated carbocycles. The summed E-state index contributed by atoms with van der Waals surface area (Å²) < 4.78 is 28.9. The molecular weight excluding hydrogens is 365 g/mol. The number of primary amides is 1. The van der Waals surface area contributed by atoms with E-state index in [2.05, 4.69) is 4.74 Å². The van der Waals surface area contributed by atoms with Crippen molar-refractivity contribution in [3.8, 4) is 5.75 Å². The highest BCUT2D eigenvalue weighted by Crippen LogP contribution is 2.23. The lowest BCUT2D eigenvalue weighted by molar-refractivity contribution is -0.156. The van der Waals surface area contributed by atoms with Crippen molar-refractivity contribution in [1.29, 1.82) is 0 Å². The molecule has 0 aliphatic rings. The van der Waals surface area contributed by atoms with Gasteiger partial charge in [-0.05, 0) is 64.3 Å². The molecule has 2 atom stereocenters. The summed E-state index contributed by atoms with van der Waals surface area (Å²) in [5.41, 5.74) is 4.99. The van der Waals surface area contributed by atoms with Crippen molar-refractivity contribution in [3.05, 3.63) is 29.6 Å². The van der Waals surface area contributed by atoms with Gasteiger partial charge in [0.15, 0.2) is 0 Å². The third-order valence-electron chi connectivity index (χ3n) is 3.53. The zero-order chi connectivity index (χ0) is 22.1. The summed E-state index contributed by atoms with van der Waals surface area (Å²) in [5.74, 6) is 0.216. The Hall–Kier alpha value is -2.31. The summed E-state index contributed by atoms with van der Waals surface area (Å²) >= 11 is 0. The number of aryl methyl sites for hydroxylation is 1. The van der Waals surface area contributed by atoms with Gasteiger partial charge in [-0.15, -0.1) is 0 Å². The highest BCUT2D eigenvalue weighted by Gasteiger charge is 2.26. The molecule has 2 N–H and O–H groups in total. The van der Waals surface area contributed by atoms with Gasteiger partial charge in [-0.2, -0.15) is 0 Å². The molecule has 0 aliphatic heterocycles. The van der Waals surface area contributed by atoms with Crippen LogP contribution in [0.5, 0.6) is 5.75 Å². The van der Waals surface area contributed by atoms with Gasteiger partial charge in [0.1, 0.15) is 29.4 Å². The van der Waals surface area contributed by atoms with E-state index in [1.807, 2.05) is 20.8 Å². The van der Waals surface area contributed by atoms with Crippen molar-refractivity contribution in [1.82, 2.24) is 0 Å². The van der Waals surface area contributed by atoms with Crippen LogP contribution in [0.25, 0.3) is 0 Å². The van der Waals surface area contributed by atoms with Crippen molar-refractivity contribution in [3.63, 3.8) is 0 Å². The molecule has 160 valence electrons. The van der Waals surface area contributed by atoms with Crippen LogP contribution in [-0.2, 0) is 14.3 Å². The van der Waals surface area contributed by atoms with E-state index < -0.39 is 11.7 Å². The number of hydrogen-bond donors (Lipinski definition) is 1. The fourth-order valence-corrected chi connectivity index (χ4v) is 2.32. The van der Waals surface area contributed by atoms with Gasteiger partial charge < -0.3 is 19.9 Å². The Kier molecular flexibility index (Phi) is 10.6. The third-order valence-corrected chi connectivity index (χ3v) is 3.53. The molecule has 0 aromatic heterocycles. The monoisotopic (exact) mass is 399 g/mol. The van der Waals surface area contributed by atoms with Crippen molar-refractivity contribution >= 4 is 12.1 Å². The summed E-state index contributed by atoms with van der Waals surface area (Å²) in [6.45, 7) is 14.6. The summed E-state index contributed by atoms with van der Waals surface area (Å²) in [6, 6.07) is 4.38. The number of carbonyl (C=O) groups excluding carboxylic acids is 2. The van der Waals surface area contributed by atoms with E-state index in [1.54, 1.807) is 40.7 Å². The van der Waals surface area contributed by atoms with Crippen LogP contribution in [0.3, 0.4) is 0 Å². The number of rotatable bonds is 6. The Balaban J connectivity index is 0.000000769. The summed E-state index contributed by atoms with van der Waals surface area (Å²) in [6.07, 6.45) is -1.01. The van der Waals surface area contributed by atoms with Crippen LogP contribution in [0.4, 0.5) is 9.18 Å². The Labute approximate surface area is 167 Å². The molecule has 1 aromatic rings. The van der Waals surface area contributed by atoms with E-state index in [-0.39, 0.29) is 29.9 Å².